The van der Waals surface area contributed by atoms with E-state index >= 15 is 0 Å². The molecule has 0 bridgehead atoms. The summed E-state index contributed by atoms with van der Waals surface area (Å²) in [4.78, 5) is 15.4. The molecule has 0 aliphatic carbocycles. The van der Waals surface area contributed by atoms with Crippen LogP contribution in [0.2, 0.25) is 0 Å². The summed E-state index contributed by atoms with van der Waals surface area (Å²) in [7, 11) is 0. The van der Waals surface area contributed by atoms with Crippen LogP contribution in [0.3, 0.4) is 0 Å². The summed E-state index contributed by atoms with van der Waals surface area (Å²) in [5.41, 5.74) is 6.55. The molecule has 3 heteroatoms. The van der Waals surface area contributed by atoms with Crippen molar-refractivity contribution in [1.82, 2.24) is 10.2 Å². The minimum Gasteiger partial charge on any atom is -0.349 e. The van der Waals surface area contributed by atoms with Crippen LogP contribution in [-0.2, 0) is 11.3 Å². The Morgan fingerprint density at radius 2 is 1.75 bits per heavy atom. The van der Waals surface area contributed by atoms with Gasteiger partial charge in [-0.25, -0.2) is 0 Å². The first kappa shape index (κ1) is 20.6. The quantitative estimate of drug-likeness (QED) is 0.759. The maximum absolute atomic E-state index is 12.9. The number of nitrogens with zero attached hydrogens (tertiary/aromatic N) is 1. The summed E-state index contributed by atoms with van der Waals surface area (Å²) in [6, 6.07) is 15.2. The number of carbonyl (C=O) groups excluding carboxylic acids is 1. The molecule has 1 N–H and O–H groups in total. The smallest absolute Gasteiger partial charge is 0.223 e. The molecule has 1 heterocycles. The lowest BCUT2D eigenvalue weighted by molar-refractivity contribution is -0.127. The van der Waals surface area contributed by atoms with E-state index in [0.717, 1.165) is 38.9 Å². The van der Waals surface area contributed by atoms with Crippen LogP contribution in [0.15, 0.2) is 42.5 Å². The number of piperidine rings is 1. The van der Waals surface area contributed by atoms with E-state index in [1.807, 2.05) is 0 Å². The molecule has 0 aromatic heterocycles. The number of amides is 1. The summed E-state index contributed by atoms with van der Waals surface area (Å²) in [6.45, 7) is 11.6. The van der Waals surface area contributed by atoms with Gasteiger partial charge < -0.3 is 5.32 Å². The van der Waals surface area contributed by atoms with Crippen molar-refractivity contribution in [3.8, 4) is 0 Å². The van der Waals surface area contributed by atoms with Crippen LogP contribution in [-0.4, -0.2) is 23.9 Å². The zero-order chi connectivity index (χ0) is 20.1. The second-order valence-corrected chi connectivity index (χ2v) is 8.29. The molecular weight excluding hydrogens is 344 g/mol. The lowest BCUT2D eigenvalue weighted by Crippen LogP contribution is -2.41. The lowest BCUT2D eigenvalue weighted by atomic mass is 9.93. The van der Waals surface area contributed by atoms with Gasteiger partial charge in [0.2, 0.25) is 5.91 Å². The Labute approximate surface area is 170 Å². The summed E-state index contributed by atoms with van der Waals surface area (Å²) >= 11 is 0. The largest absolute Gasteiger partial charge is 0.349 e. The fourth-order valence-electron chi connectivity index (χ4n) is 4.07. The zero-order valence-electron chi connectivity index (χ0n) is 17.8. The normalized spacial score (nSPS) is 16.7. The monoisotopic (exact) mass is 378 g/mol. The molecule has 1 amide bonds. The SMILES string of the molecule is CCC(NC(=O)C1CCN(Cc2ccccc2C)CC1)c1ccc(C)c(C)c1. The highest BCUT2D eigenvalue weighted by molar-refractivity contribution is 5.79. The van der Waals surface area contributed by atoms with Crippen molar-refractivity contribution in [2.45, 2.75) is 59.5 Å². The zero-order valence-corrected chi connectivity index (χ0v) is 17.8. The van der Waals surface area contributed by atoms with Crippen molar-refractivity contribution >= 4 is 5.91 Å². The maximum Gasteiger partial charge on any atom is 0.223 e. The van der Waals surface area contributed by atoms with Gasteiger partial charge in [-0.05, 0) is 80.9 Å². The summed E-state index contributed by atoms with van der Waals surface area (Å²) in [5, 5.41) is 3.32. The first-order valence-corrected chi connectivity index (χ1v) is 10.6. The third kappa shape index (κ3) is 5.02. The summed E-state index contributed by atoms with van der Waals surface area (Å²) in [6.07, 6.45) is 2.81. The molecule has 1 aliphatic rings. The molecule has 150 valence electrons. The van der Waals surface area contributed by atoms with Crippen LogP contribution in [0, 0.1) is 26.7 Å². The molecule has 3 rings (SSSR count). The summed E-state index contributed by atoms with van der Waals surface area (Å²) < 4.78 is 0. The van der Waals surface area contributed by atoms with Gasteiger partial charge >= 0.3 is 0 Å². The minimum atomic E-state index is 0.108. The van der Waals surface area contributed by atoms with Crippen molar-refractivity contribution in [2.75, 3.05) is 13.1 Å². The maximum atomic E-state index is 12.9. The van der Waals surface area contributed by atoms with E-state index in [1.54, 1.807) is 0 Å². The molecule has 0 radical (unpaired) electrons. The van der Waals surface area contributed by atoms with Gasteiger partial charge in [0, 0.05) is 12.5 Å². The van der Waals surface area contributed by atoms with Crippen molar-refractivity contribution in [2.24, 2.45) is 5.92 Å². The number of rotatable bonds is 6. The molecule has 0 spiro atoms. The van der Waals surface area contributed by atoms with Crippen LogP contribution in [0.1, 0.15) is 60.0 Å². The fraction of sp³-hybridized carbons (Fsp3) is 0.480. The fourth-order valence-corrected chi connectivity index (χ4v) is 4.07. The predicted octanol–water partition coefficient (Wildman–Crippen LogP) is 5.09. The Kier molecular flexibility index (Phi) is 6.90. The number of likely N-dealkylation sites (tertiary alicyclic amines) is 1. The molecule has 1 fully saturated rings. The molecule has 1 unspecified atom stereocenters. The van der Waals surface area contributed by atoms with Crippen molar-refractivity contribution < 1.29 is 4.79 Å². The van der Waals surface area contributed by atoms with Gasteiger partial charge in [0.1, 0.15) is 0 Å². The highest BCUT2D eigenvalue weighted by Crippen LogP contribution is 2.24. The molecular formula is C25H34N2O. The number of benzene rings is 2. The second kappa shape index (κ2) is 9.38. The molecule has 2 aromatic rings. The van der Waals surface area contributed by atoms with E-state index in [2.05, 4.69) is 80.4 Å². The first-order valence-electron chi connectivity index (χ1n) is 10.6. The number of nitrogens with one attached hydrogen (secondary N) is 1. The topological polar surface area (TPSA) is 32.3 Å². The Morgan fingerprint density at radius 1 is 1.04 bits per heavy atom. The van der Waals surface area contributed by atoms with Crippen molar-refractivity contribution in [3.63, 3.8) is 0 Å². The van der Waals surface area contributed by atoms with Gasteiger partial charge in [0.05, 0.1) is 6.04 Å². The lowest BCUT2D eigenvalue weighted by Gasteiger charge is -2.32. The van der Waals surface area contributed by atoms with Gasteiger partial charge in [-0.1, -0.05) is 49.4 Å². The molecule has 28 heavy (non-hydrogen) atoms. The molecule has 1 saturated heterocycles. The van der Waals surface area contributed by atoms with Crippen molar-refractivity contribution in [3.05, 3.63) is 70.3 Å². The highest BCUT2D eigenvalue weighted by atomic mass is 16.1. The summed E-state index contributed by atoms with van der Waals surface area (Å²) in [5.74, 6) is 0.356. The van der Waals surface area contributed by atoms with E-state index in [9.17, 15) is 4.79 Å². The van der Waals surface area contributed by atoms with Gasteiger partial charge in [0.25, 0.3) is 0 Å². The third-order valence-corrected chi connectivity index (χ3v) is 6.27. The number of hydrogen-bond acceptors (Lipinski definition) is 2. The van der Waals surface area contributed by atoms with Crippen molar-refractivity contribution in [1.29, 1.82) is 0 Å². The molecule has 0 saturated carbocycles. The van der Waals surface area contributed by atoms with Crippen LogP contribution in [0.5, 0.6) is 0 Å². The molecule has 3 nitrogen and oxygen atoms in total. The third-order valence-electron chi connectivity index (χ3n) is 6.27. The molecule has 2 aromatic carbocycles. The average Bonchev–Trinajstić information content (AvgIpc) is 2.70. The van der Waals surface area contributed by atoms with E-state index < -0.39 is 0 Å². The van der Waals surface area contributed by atoms with E-state index in [1.165, 1.54) is 27.8 Å². The van der Waals surface area contributed by atoms with E-state index in [0.29, 0.717) is 0 Å². The number of aryl methyl sites for hydroxylation is 3. The molecule has 1 aliphatic heterocycles. The standard InChI is InChI=1S/C25H34N2O/c1-5-24(22-11-10-18(2)20(4)16-22)26-25(28)21-12-14-27(15-13-21)17-23-9-7-6-8-19(23)3/h6-11,16,21,24H,5,12-15,17H2,1-4H3,(H,26,28). The van der Waals surface area contributed by atoms with Gasteiger partial charge in [-0.2, -0.15) is 0 Å². The van der Waals surface area contributed by atoms with Gasteiger partial charge in [-0.15, -0.1) is 0 Å². The van der Waals surface area contributed by atoms with E-state index in [-0.39, 0.29) is 17.9 Å². The first-order chi connectivity index (χ1) is 13.5. The van der Waals surface area contributed by atoms with E-state index in [4.69, 9.17) is 0 Å². The molecule has 1 atom stereocenters. The Hall–Kier alpha value is -2.13. The number of hydrogen-bond donors (Lipinski definition) is 1. The van der Waals surface area contributed by atoms with Crippen LogP contribution in [0.4, 0.5) is 0 Å². The van der Waals surface area contributed by atoms with Gasteiger partial charge in [0.15, 0.2) is 0 Å². The van der Waals surface area contributed by atoms with Crippen LogP contribution in [0.25, 0.3) is 0 Å². The highest BCUT2D eigenvalue weighted by Gasteiger charge is 2.26. The Morgan fingerprint density at radius 3 is 2.39 bits per heavy atom. The number of carbonyl (C=O) groups is 1. The van der Waals surface area contributed by atoms with Crippen LogP contribution >= 0.6 is 0 Å². The predicted molar refractivity (Wildman–Crippen MR) is 116 cm³/mol. The average molecular weight is 379 g/mol. The van der Waals surface area contributed by atoms with Gasteiger partial charge in [-0.3, -0.25) is 9.69 Å². The Balaban J connectivity index is 1.54. The second-order valence-electron chi connectivity index (χ2n) is 8.29. The minimum absolute atomic E-state index is 0.108. The van der Waals surface area contributed by atoms with Crippen LogP contribution < -0.4 is 5.32 Å². The Bertz CT molecular complexity index is 806.